The van der Waals surface area contributed by atoms with Crippen LogP contribution in [0.3, 0.4) is 0 Å². The molecule has 1 aromatic heterocycles. The van der Waals surface area contributed by atoms with Crippen LogP contribution in [0, 0.1) is 5.92 Å². The molecule has 4 aliphatic heterocycles. The molecule has 7 rings (SSSR count). The smallest absolute Gasteiger partial charge is 0.271 e. The molecular weight excluding hydrogens is 699 g/mol. The van der Waals surface area contributed by atoms with Crippen molar-refractivity contribution in [1.82, 2.24) is 25.8 Å². The van der Waals surface area contributed by atoms with E-state index in [1.165, 1.54) is 23.1 Å². The van der Waals surface area contributed by atoms with Crippen molar-refractivity contribution in [2.45, 2.75) is 88.8 Å². The number of carbonyl (C=O) groups is 4. The third kappa shape index (κ3) is 7.77. The SMILES string of the molecule is CC(C)[C@@H]1NC(=O)[C@@H]2N=C(O[C@@H]2C)[C@@H]2CCCN2C(=O)[C@H](Cc2ccccc2)NC(=O)[C@H]2CSC(=N2)[C@H](Cc2ccccc2)NC(=O)c2csc1n2. The van der Waals surface area contributed by atoms with Crippen LogP contribution in [0.15, 0.2) is 76.0 Å². The maximum atomic E-state index is 14.4. The predicted octanol–water partition coefficient (Wildman–Crippen LogP) is 3.73. The number of carbonyl (C=O) groups excluding carboxylic acids is 4. The van der Waals surface area contributed by atoms with E-state index in [0.717, 1.165) is 17.5 Å². The molecule has 0 aliphatic carbocycles. The third-order valence-corrected chi connectivity index (χ3v) is 11.9. The number of hydrogen-bond acceptors (Lipinski definition) is 10. The molecule has 7 atom stereocenters. The second-order valence-corrected chi connectivity index (χ2v) is 15.9. The van der Waals surface area contributed by atoms with Crippen LogP contribution in [0.4, 0.5) is 0 Å². The van der Waals surface area contributed by atoms with E-state index < -0.39 is 42.4 Å². The van der Waals surface area contributed by atoms with Gasteiger partial charge < -0.3 is 25.6 Å². The van der Waals surface area contributed by atoms with Crippen molar-refractivity contribution in [3.63, 3.8) is 0 Å². The second-order valence-electron chi connectivity index (χ2n) is 14.0. The molecule has 3 aromatic rings. The summed E-state index contributed by atoms with van der Waals surface area (Å²) in [4.78, 5) is 71.9. The minimum atomic E-state index is -0.863. The summed E-state index contributed by atoms with van der Waals surface area (Å²) in [6.07, 6.45) is 1.57. The molecule has 0 saturated carbocycles. The zero-order valence-electron chi connectivity index (χ0n) is 29.4. The van der Waals surface area contributed by atoms with Gasteiger partial charge in [0.05, 0.1) is 17.1 Å². The van der Waals surface area contributed by atoms with Crippen LogP contribution >= 0.6 is 23.1 Å². The molecule has 4 aliphatic rings. The molecule has 12 nitrogen and oxygen atoms in total. The highest BCUT2D eigenvalue weighted by molar-refractivity contribution is 8.14. The normalized spacial score (nSPS) is 28.2. The third-order valence-electron chi connectivity index (χ3n) is 9.85. The van der Waals surface area contributed by atoms with Crippen LogP contribution in [0.1, 0.15) is 66.3 Å². The van der Waals surface area contributed by atoms with E-state index in [-0.39, 0.29) is 35.2 Å². The summed E-state index contributed by atoms with van der Waals surface area (Å²) in [6, 6.07) is 15.5. The standard InChI is InChI=1S/C38H43N7O5S2/c1-21(2)30-37-42-28(20-52-37)32(46)39-25(17-23-11-6-4-7-12-23)36-41-27(19-51-36)33(47)40-26(18-24-13-8-5-9-14-24)38(49)45-16-10-15-29(45)35-44-31(22(3)50-35)34(48)43-30/h4-9,11-14,20-22,25-27,29-31H,10,15-19H2,1-3H3,(H,39,46)(H,40,47)(H,43,48)/t22-,25+,26+,27-,29+,30+,31-/m1/s1. The fraction of sp³-hybridized carbons (Fsp3) is 0.447. The number of fused-ring (bicyclic) bond motifs is 6. The van der Waals surface area contributed by atoms with Gasteiger partial charge in [-0.2, -0.15) is 0 Å². The molecule has 1 fully saturated rings. The minimum Gasteiger partial charge on any atom is -0.474 e. The number of thioether (sulfide) groups is 1. The lowest BCUT2D eigenvalue weighted by atomic mass is 10.0. The summed E-state index contributed by atoms with van der Waals surface area (Å²) in [6.45, 7) is 6.25. The summed E-state index contributed by atoms with van der Waals surface area (Å²) in [5, 5.41) is 12.2. The van der Waals surface area contributed by atoms with E-state index in [9.17, 15) is 19.2 Å². The molecule has 14 heteroatoms. The Bertz CT molecular complexity index is 1870. The van der Waals surface area contributed by atoms with Gasteiger partial charge in [0.15, 0.2) is 6.04 Å². The average molecular weight is 742 g/mol. The molecule has 6 bridgehead atoms. The Kier molecular flexibility index (Phi) is 10.7. The Hall–Kier alpha value is -4.56. The maximum absolute atomic E-state index is 14.4. The van der Waals surface area contributed by atoms with Crippen LogP contribution < -0.4 is 16.0 Å². The quantitative estimate of drug-likeness (QED) is 0.360. The van der Waals surface area contributed by atoms with Crippen LogP contribution in [0.5, 0.6) is 0 Å². The fourth-order valence-electron chi connectivity index (χ4n) is 7.06. The number of nitrogens with one attached hydrogen (secondary N) is 3. The van der Waals surface area contributed by atoms with Crippen molar-refractivity contribution >= 4 is 57.7 Å². The van der Waals surface area contributed by atoms with E-state index >= 15 is 0 Å². The van der Waals surface area contributed by atoms with Crippen molar-refractivity contribution in [3.05, 3.63) is 87.9 Å². The Morgan fingerprint density at radius 3 is 2.27 bits per heavy atom. The molecule has 4 amide bonds. The molecule has 5 heterocycles. The molecule has 0 radical (unpaired) electrons. The van der Waals surface area contributed by atoms with Gasteiger partial charge in [0.1, 0.15) is 34.9 Å². The lowest BCUT2D eigenvalue weighted by Crippen LogP contribution is -2.54. The van der Waals surface area contributed by atoms with Gasteiger partial charge in [0.25, 0.3) is 5.91 Å². The molecule has 2 aromatic carbocycles. The highest BCUT2D eigenvalue weighted by atomic mass is 32.2. The number of aliphatic imine (C=N–C) groups is 2. The second kappa shape index (κ2) is 15.6. The molecule has 272 valence electrons. The number of aromatic nitrogens is 1. The van der Waals surface area contributed by atoms with E-state index in [4.69, 9.17) is 19.7 Å². The van der Waals surface area contributed by atoms with Crippen molar-refractivity contribution in [2.24, 2.45) is 15.9 Å². The first-order valence-electron chi connectivity index (χ1n) is 17.8. The Morgan fingerprint density at radius 1 is 0.885 bits per heavy atom. The molecule has 1 saturated heterocycles. The fourth-order valence-corrected chi connectivity index (χ4v) is 9.18. The van der Waals surface area contributed by atoms with Gasteiger partial charge in [-0.15, -0.1) is 23.1 Å². The first-order chi connectivity index (χ1) is 25.1. The molecule has 0 spiro atoms. The first-order valence-corrected chi connectivity index (χ1v) is 19.7. The van der Waals surface area contributed by atoms with Crippen molar-refractivity contribution in [1.29, 1.82) is 0 Å². The van der Waals surface area contributed by atoms with Crippen LogP contribution in [-0.4, -0.2) is 93.1 Å². The Labute approximate surface area is 311 Å². The van der Waals surface area contributed by atoms with E-state index in [1.54, 1.807) is 17.2 Å². The Morgan fingerprint density at radius 2 is 1.58 bits per heavy atom. The zero-order valence-corrected chi connectivity index (χ0v) is 31.0. The summed E-state index contributed by atoms with van der Waals surface area (Å²) < 4.78 is 6.20. The van der Waals surface area contributed by atoms with Crippen LogP contribution in [0.25, 0.3) is 0 Å². The predicted molar refractivity (Wildman–Crippen MR) is 201 cm³/mol. The minimum absolute atomic E-state index is 0.0322. The average Bonchev–Trinajstić information content (AvgIpc) is 3.97. The van der Waals surface area contributed by atoms with Gasteiger partial charge in [0, 0.05) is 24.1 Å². The number of amides is 4. The monoisotopic (exact) mass is 741 g/mol. The lowest BCUT2D eigenvalue weighted by molar-refractivity contribution is -0.136. The number of rotatable bonds is 5. The summed E-state index contributed by atoms with van der Waals surface area (Å²) >= 11 is 2.74. The van der Waals surface area contributed by atoms with E-state index in [0.29, 0.717) is 47.5 Å². The lowest BCUT2D eigenvalue weighted by Gasteiger charge is -2.29. The largest absolute Gasteiger partial charge is 0.474 e. The number of hydrogen-bond donors (Lipinski definition) is 3. The molecule has 0 unspecified atom stereocenters. The Balaban J connectivity index is 1.25. The topological polar surface area (TPSA) is 154 Å². The van der Waals surface area contributed by atoms with Crippen molar-refractivity contribution < 1.29 is 23.9 Å². The number of benzene rings is 2. The van der Waals surface area contributed by atoms with Crippen molar-refractivity contribution in [3.8, 4) is 0 Å². The van der Waals surface area contributed by atoms with Gasteiger partial charge >= 0.3 is 0 Å². The van der Waals surface area contributed by atoms with E-state index in [1.807, 2.05) is 74.5 Å². The number of thiazole rings is 1. The van der Waals surface area contributed by atoms with Crippen molar-refractivity contribution in [2.75, 3.05) is 12.3 Å². The zero-order chi connectivity index (χ0) is 36.4. The number of ether oxygens (including phenoxy) is 1. The summed E-state index contributed by atoms with van der Waals surface area (Å²) in [5.74, 6) is -0.577. The maximum Gasteiger partial charge on any atom is 0.271 e. The summed E-state index contributed by atoms with van der Waals surface area (Å²) in [7, 11) is 0. The van der Waals surface area contributed by atoms with Gasteiger partial charge in [0.2, 0.25) is 23.6 Å². The first kappa shape index (κ1) is 35.8. The van der Waals surface area contributed by atoms with Crippen LogP contribution in [-0.2, 0) is 32.0 Å². The van der Waals surface area contributed by atoms with Gasteiger partial charge in [-0.25, -0.2) is 9.98 Å². The molecular formula is C38H43N7O5S2. The molecule has 3 N–H and O–H groups in total. The van der Waals surface area contributed by atoms with E-state index in [2.05, 4.69) is 16.0 Å². The van der Waals surface area contributed by atoms with Gasteiger partial charge in [-0.3, -0.25) is 24.2 Å². The molecule has 52 heavy (non-hydrogen) atoms. The van der Waals surface area contributed by atoms with Gasteiger partial charge in [-0.05, 0) is 43.2 Å². The highest BCUT2D eigenvalue weighted by Crippen LogP contribution is 2.30. The highest BCUT2D eigenvalue weighted by Gasteiger charge is 2.44. The summed E-state index contributed by atoms with van der Waals surface area (Å²) in [5.41, 5.74) is 2.14. The number of nitrogens with zero attached hydrogens (tertiary/aromatic N) is 4. The van der Waals surface area contributed by atoms with Gasteiger partial charge in [-0.1, -0.05) is 74.5 Å². The van der Waals surface area contributed by atoms with Crippen LogP contribution in [0.2, 0.25) is 0 Å².